The van der Waals surface area contributed by atoms with Gasteiger partial charge in [0.15, 0.2) is 0 Å². The zero-order chi connectivity index (χ0) is 68.4. The van der Waals surface area contributed by atoms with Crippen LogP contribution in [-0.4, -0.2) is 15.7 Å². The topological polar surface area (TPSA) is 15.8 Å². The first-order valence-corrected chi connectivity index (χ1v) is 35.8. The maximum atomic E-state index is 2.68. The number of hydrogen-bond acceptors (Lipinski definition) is 2. The van der Waals surface area contributed by atoms with Gasteiger partial charge in [0, 0.05) is 66.4 Å². The first kappa shape index (κ1) is 60.5. The monoisotopic (exact) mass is 1300 g/mol. The second kappa shape index (κ2) is 22.4. The molecule has 19 rings (SSSR count). The highest BCUT2D eigenvalue weighted by Crippen LogP contribution is 2.53. The number of para-hydroxylation sites is 2. The van der Waals surface area contributed by atoms with Crippen LogP contribution >= 0.6 is 0 Å². The number of anilines is 6. The van der Waals surface area contributed by atoms with Crippen molar-refractivity contribution in [2.45, 2.75) is 78.6 Å². The number of nitrogens with zero attached hydrogens (tertiary/aromatic N) is 4. The maximum absolute atomic E-state index is 2.68. The van der Waals surface area contributed by atoms with Gasteiger partial charge in [0.2, 0.25) is 0 Å². The molecule has 4 nitrogen and oxygen atoms in total. The SMILES string of the molecule is CC(C)(C)c1cccc(-c2ccc3c(c2)N(c2ccc(-c4ccccc4)cc2)c2cc4c(c5c2B3c2ccc(-n3c6ccc(C(C)(C)C)cc6c6cc(C(C)(C)C)ccc63)cc2N5c2ccc(-c3ccccc3)cc2)c2cccc3c5ccccc5c5ccccc5c5ccccc5n4c32)c1. The van der Waals surface area contributed by atoms with Crippen LogP contribution in [0.3, 0.4) is 0 Å². The molecular formula is C96H77BN4. The average Bonchev–Trinajstić information content (AvgIpc) is 1.62. The highest BCUT2D eigenvalue weighted by Gasteiger charge is 2.46. The molecule has 0 bridgehead atoms. The van der Waals surface area contributed by atoms with Crippen molar-refractivity contribution in [3.8, 4) is 39.1 Å². The van der Waals surface area contributed by atoms with E-state index in [2.05, 4.69) is 384 Å². The van der Waals surface area contributed by atoms with E-state index < -0.39 is 0 Å². The van der Waals surface area contributed by atoms with Gasteiger partial charge in [-0.2, -0.15) is 0 Å². The molecule has 2 aliphatic rings. The summed E-state index contributed by atoms with van der Waals surface area (Å²) in [6.07, 6.45) is 0. The summed E-state index contributed by atoms with van der Waals surface area (Å²) in [4.78, 5) is 5.30. The molecule has 0 amide bonds. The van der Waals surface area contributed by atoms with Gasteiger partial charge in [-0.15, -0.1) is 0 Å². The predicted molar refractivity (Wildman–Crippen MR) is 435 cm³/mol. The number of aromatic nitrogens is 2. The van der Waals surface area contributed by atoms with Gasteiger partial charge >= 0.3 is 0 Å². The van der Waals surface area contributed by atoms with Crippen LogP contribution in [0.5, 0.6) is 0 Å². The van der Waals surface area contributed by atoms with Gasteiger partial charge in [-0.05, 0) is 183 Å². The molecule has 0 aliphatic carbocycles. The van der Waals surface area contributed by atoms with Gasteiger partial charge in [-0.1, -0.05) is 287 Å². The van der Waals surface area contributed by atoms with E-state index >= 15 is 0 Å². The number of hydrogen-bond donors (Lipinski definition) is 0. The van der Waals surface area contributed by atoms with Crippen LogP contribution in [0.25, 0.3) is 121 Å². The van der Waals surface area contributed by atoms with E-state index in [9.17, 15) is 0 Å². The smallest absolute Gasteiger partial charge is 0.252 e. The van der Waals surface area contributed by atoms with Gasteiger partial charge < -0.3 is 18.8 Å². The third-order valence-corrected chi connectivity index (χ3v) is 22.1. The number of fused-ring (bicyclic) bond motifs is 18. The van der Waals surface area contributed by atoms with Crippen molar-refractivity contribution in [3.05, 3.63) is 320 Å². The summed E-state index contributed by atoms with van der Waals surface area (Å²) >= 11 is 0. The normalized spacial score (nSPS) is 13.1. The summed E-state index contributed by atoms with van der Waals surface area (Å²) < 4.78 is 5.21. The molecule has 0 radical (unpaired) electrons. The Morgan fingerprint density at radius 3 is 1.27 bits per heavy atom. The molecule has 5 heterocycles. The molecule has 0 saturated heterocycles. The van der Waals surface area contributed by atoms with E-state index in [1.807, 2.05) is 0 Å². The molecule has 3 aromatic heterocycles. The Kier molecular flexibility index (Phi) is 13.4. The van der Waals surface area contributed by atoms with Crippen molar-refractivity contribution in [1.82, 2.24) is 8.97 Å². The molecule has 0 atom stereocenters. The molecule has 14 aromatic carbocycles. The molecule has 0 fully saturated rings. The van der Waals surface area contributed by atoms with Gasteiger partial charge in [-0.3, -0.25) is 0 Å². The molecule has 0 saturated carbocycles. The van der Waals surface area contributed by atoms with E-state index in [4.69, 9.17) is 0 Å². The first-order valence-electron chi connectivity index (χ1n) is 35.8. The fourth-order valence-electron chi connectivity index (χ4n) is 17.0. The van der Waals surface area contributed by atoms with Crippen LogP contribution < -0.4 is 26.2 Å². The molecule has 5 heteroatoms. The zero-order valence-electron chi connectivity index (χ0n) is 58.7. The Morgan fingerprint density at radius 1 is 0.257 bits per heavy atom. The van der Waals surface area contributed by atoms with Gasteiger partial charge in [-0.25, -0.2) is 0 Å². The Bertz CT molecular complexity index is 6240. The minimum absolute atomic E-state index is 0.0413. The minimum atomic E-state index is -0.208. The van der Waals surface area contributed by atoms with Crippen molar-refractivity contribution in [2.75, 3.05) is 9.80 Å². The van der Waals surface area contributed by atoms with Gasteiger partial charge in [0.1, 0.15) is 0 Å². The van der Waals surface area contributed by atoms with Gasteiger partial charge in [0.05, 0.1) is 33.3 Å². The summed E-state index contributed by atoms with van der Waals surface area (Å²) in [7, 11) is 0. The van der Waals surface area contributed by atoms with Crippen LogP contribution in [0.15, 0.2) is 303 Å². The van der Waals surface area contributed by atoms with Crippen LogP contribution in [0, 0.1) is 0 Å². The van der Waals surface area contributed by atoms with Crippen molar-refractivity contribution >= 4 is 139 Å². The average molecular weight is 1300 g/mol. The van der Waals surface area contributed by atoms with Gasteiger partial charge in [0.25, 0.3) is 6.71 Å². The van der Waals surface area contributed by atoms with Crippen molar-refractivity contribution in [2.24, 2.45) is 0 Å². The third kappa shape index (κ3) is 9.50. The summed E-state index contributed by atoms with van der Waals surface area (Å²) in [5, 5.41) is 12.1. The second-order valence-corrected chi connectivity index (χ2v) is 31.3. The third-order valence-electron chi connectivity index (χ3n) is 22.1. The molecular weight excluding hydrogens is 1220 g/mol. The van der Waals surface area contributed by atoms with Crippen molar-refractivity contribution in [1.29, 1.82) is 0 Å². The molecule has 17 aromatic rings. The van der Waals surface area contributed by atoms with E-state index in [1.165, 1.54) is 143 Å². The summed E-state index contributed by atoms with van der Waals surface area (Å²) in [5.41, 5.74) is 28.4. The predicted octanol–water partition coefficient (Wildman–Crippen LogP) is 24.3. The lowest BCUT2D eigenvalue weighted by Crippen LogP contribution is -2.61. The lowest BCUT2D eigenvalue weighted by molar-refractivity contribution is 0.590. The van der Waals surface area contributed by atoms with E-state index in [0.29, 0.717) is 0 Å². The lowest BCUT2D eigenvalue weighted by Gasteiger charge is -2.45. The van der Waals surface area contributed by atoms with E-state index in [0.717, 1.165) is 45.2 Å². The lowest BCUT2D eigenvalue weighted by atomic mass is 9.33. The fourth-order valence-corrected chi connectivity index (χ4v) is 17.0. The summed E-state index contributed by atoms with van der Waals surface area (Å²) in [5.74, 6) is 0. The number of rotatable bonds is 6. The molecule has 2 aliphatic heterocycles. The standard InChI is InChI=1S/C96H77BN4/c1-94(2,3)66-29-22-28-64(54-66)65-42-50-81-86(55-65)98(69-45-38-62(39-46-69)60-24-12-10-13-25-60)89-59-88-90(78-36-23-35-77-75-33-19-17-31-73(75)72-30-16-18-32-74(72)76-34-20-21-37-83(76)101(88)92(77)78)93-91(89)97(81)82-51-49-71(58-87(82)100(93)70-47-40-63(41-48-70)61-26-14-11-15-27-61)99-84-52-43-67(95(4,5)6)56-79(84)80-57-68(96(7,8)9)44-53-85(80)99/h10-59H,1-9H3. The highest BCUT2D eigenvalue weighted by molar-refractivity contribution is 7.00. The molecule has 0 spiro atoms. The Morgan fingerprint density at radius 2 is 0.683 bits per heavy atom. The summed E-state index contributed by atoms with van der Waals surface area (Å²) in [6.45, 7) is 20.7. The fraction of sp³-hybridized carbons (Fsp3) is 0.125. The maximum Gasteiger partial charge on any atom is 0.252 e. The molecule has 101 heavy (non-hydrogen) atoms. The Labute approximate surface area is 591 Å². The van der Waals surface area contributed by atoms with E-state index in [1.54, 1.807) is 0 Å². The Hall–Kier alpha value is -11.7. The van der Waals surface area contributed by atoms with Crippen molar-refractivity contribution < 1.29 is 0 Å². The van der Waals surface area contributed by atoms with Crippen LogP contribution in [0.1, 0.15) is 79.0 Å². The molecule has 0 unspecified atom stereocenters. The van der Waals surface area contributed by atoms with Crippen LogP contribution in [-0.2, 0) is 16.2 Å². The first-order chi connectivity index (χ1) is 49.0. The largest absolute Gasteiger partial charge is 0.311 e. The zero-order valence-corrected chi connectivity index (χ0v) is 58.7. The minimum Gasteiger partial charge on any atom is -0.311 e. The summed E-state index contributed by atoms with van der Waals surface area (Å²) in [6, 6.07) is 116. The second-order valence-electron chi connectivity index (χ2n) is 31.3. The van der Waals surface area contributed by atoms with Crippen molar-refractivity contribution in [3.63, 3.8) is 0 Å². The van der Waals surface area contributed by atoms with Crippen LogP contribution in [0.4, 0.5) is 34.1 Å². The quantitative estimate of drug-likeness (QED) is 0.154. The highest BCUT2D eigenvalue weighted by atomic mass is 15.2. The van der Waals surface area contributed by atoms with Crippen LogP contribution in [0.2, 0.25) is 0 Å². The number of benzene rings is 14. The molecule has 0 N–H and O–H groups in total. The molecule has 484 valence electrons. The Balaban J connectivity index is 1.00. The van der Waals surface area contributed by atoms with E-state index in [-0.39, 0.29) is 23.0 Å².